The topological polar surface area (TPSA) is 88.6 Å². The predicted octanol–water partition coefficient (Wildman–Crippen LogP) is 0.349. The van der Waals surface area contributed by atoms with Gasteiger partial charge < -0.3 is 20.6 Å². The standard InChI is InChI=1S/C7H10N4O2/c1-2-13-7-5(8)6-9-4(12)3-11(6)10-7/h3,9,12H,2,8H2,1H3. The molecule has 2 aromatic rings. The lowest BCUT2D eigenvalue weighted by Gasteiger charge is -1.96. The lowest BCUT2D eigenvalue weighted by atomic mass is 10.5. The summed E-state index contributed by atoms with van der Waals surface area (Å²) >= 11 is 0. The second-order valence-electron chi connectivity index (χ2n) is 2.58. The van der Waals surface area contributed by atoms with Crippen LogP contribution in [0.4, 0.5) is 5.69 Å². The Kier molecular flexibility index (Phi) is 1.54. The van der Waals surface area contributed by atoms with Crippen molar-refractivity contribution in [3.05, 3.63) is 6.20 Å². The Morgan fingerprint density at radius 1 is 1.77 bits per heavy atom. The fourth-order valence-corrected chi connectivity index (χ4v) is 1.16. The Labute approximate surface area is 73.9 Å². The van der Waals surface area contributed by atoms with Crippen molar-refractivity contribution in [2.45, 2.75) is 6.92 Å². The number of aromatic nitrogens is 3. The zero-order valence-corrected chi connectivity index (χ0v) is 7.11. The number of aromatic amines is 1. The van der Waals surface area contributed by atoms with Crippen molar-refractivity contribution in [2.75, 3.05) is 12.3 Å². The smallest absolute Gasteiger partial charge is 0.259 e. The first kappa shape index (κ1) is 7.78. The van der Waals surface area contributed by atoms with E-state index in [1.807, 2.05) is 6.92 Å². The molecular formula is C7H10N4O2. The highest BCUT2D eigenvalue weighted by molar-refractivity contribution is 5.71. The Morgan fingerprint density at radius 3 is 3.15 bits per heavy atom. The molecule has 0 saturated carbocycles. The van der Waals surface area contributed by atoms with Crippen LogP contribution in [0.25, 0.3) is 5.65 Å². The summed E-state index contributed by atoms with van der Waals surface area (Å²) in [6.07, 6.45) is 1.42. The van der Waals surface area contributed by atoms with E-state index in [1.54, 1.807) is 0 Å². The van der Waals surface area contributed by atoms with Gasteiger partial charge in [-0.25, -0.2) is 4.52 Å². The van der Waals surface area contributed by atoms with Crippen molar-refractivity contribution in [1.29, 1.82) is 0 Å². The summed E-state index contributed by atoms with van der Waals surface area (Å²) in [5.74, 6) is 0.408. The molecule has 6 nitrogen and oxygen atoms in total. The van der Waals surface area contributed by atoms with E-state index < -0.39 is 0 Å². The van der Waals surface area contributed by atoms with E-state index in [9.17, 15) is 0 Å². The minimum atomic E-state index is 0.0252. The fourth-order valence-electron chi connectivity index (χ4n) is 1.16. The summed E-state index contributed by atoms with van der Waals surface area (Å²) in [5.41, 5.74) is 6.64. The maximum absolute atomic E-state index is 9.08. The third-order valence-electron chi connectivity index (χ3n) is 1.69. The van der Waals surface area contributed by atoms with Crippen LogP contribution in [0.15, 0.2) is 6.20 Å². The molecular weight excluding hydrogens is 172 g/mol. The Bertz CT molecular complexity index is 431. The number of hydrogen-bond donors (Lipinski definition) is 3. The largest absolute Gasteiger partial charge is 0.493 e. The van der Waals surface area contributed by atoms with E-state index in [1.165, 1.54) is 10.7 Å². The van der Waals surface area contributed by atoms with Crippen molar-refractivity contribution in [3.63, 3.8) is 0 Å². The number of nitrogen functional groups attached to an aromatic ring is 1. The first-order chi connectivity index (χ1) is 6.22. The molecule has 0 aliphatic heterocycles. The number of nitrogens with two attached hydrogens (primary N) is 1. The van der Waals surface area contributed by atoms with Gasteiger partial charge in [0.05, 0.1) is 12.8 Å². The highest BCUT2D eigenvalue weighted by Gasteiger charge is 2.12. The number of nitrogens with one attached hydrogen (secondary N) is 1. The van der Waals surface area contributed by atoms with Gasteiger partial charge in [-0.3, -0.25) is 0 Å². The molecule has 4 N–H and O–H groups in total. The molecule has 0 saturated heterocycles. The third kappa shape index (κ3) is 1.07. The third-order valence-corrected chi connectivity index (χ3v) is 1.69. The number of anilines is 1. The van der Waals surface area contributed by atoms with Gasteiger partial charge in [0.2, 0.25) is 5.88 Å². The van der Waals surface area contributed by atoms with E-state index >= 15 is 0 Å². The average molecular weight is 182 g/mol. The molecule has 0 bridgehead atoms. The molecule has 2 heterocycles. The van der Waals surface area contributed by atoms with E-state index in [0.29, 0.717) is 23.8 Å². The van der Waals surface area contributed by atoms with E-state index in [4.69, 9.17) is 15.6 Å². The number of imidazole rings is 1. The van der Waals surface area contributed by atoms with Crippen molar-refractivity contribution < 1.29 is 9.84 Å². The molecule has 13 heavy (non-hydrogen) atoms. The Balaban J connectivity index is 2.56. The predicted molar refractivity (Wildman–Crippen MR) is 46.8 cm³/mol. The number of hydrogen-bond acceptors (Lipinski definition) is 4. The monoisotopic (exact) mass is 182 g/mol. The van der Waals surface area contributed by atoms with Crippen molar-refractivity contribution in [2.24, 2.45) is 0 Å². The van der Waals surface area contributed by atoms with Crippen LogP contribution >= 0.6 is 0 Å². The fraction of sp³-hybridized carbons (Fsp3) is 0.286. The maximum atomic E-state index is 9.08. The number of nitrogens with zero attached hydrogens (tertiary/aromatic N) is 2. The van der Waals surface area contributed by atoms with Crippen LogP contribution in [0.1, 0.15) is 6.92 Å². The molecule has 0 atom stereocenters. The minimum Gasteiger partial charge on any atom is -0.493 e. The van der Waals surface area contributed by atoms with Gasteiger partial charge >= 0.3 is 0 Å². The minimum absolute atomic E-state index is 0.0252. The summed E-state index contributed by atoms with van der Waals surface area (Å²) in [6.45, 7) is 2.36. The van der Waals surface area contributed by atoms with Gasteiger partial charge in [0.1, 0.15) is 5.69 Å². The van der Waals surface area contributed by atoms with Crippen molar-refractivity contribution in [1.82, 2.24) is 14.6 Å². The van der Waals surface area contributed by atoms with Gasteiger partial charge in [-0.15, -0.1) is 5.10 Å². The molecule has 0 fully saturated rings. The number of aromatic hydroxyl groups is 1. The molecule has 0 radical (unpaired) electrons. The molecule has 2 aromatic heterocycles. The van der Waals surface area contributed by atoms with Crippen LogP contribution in [0.5, 0.6) is 11.8 Å². The summed E-state index contributed by atoms with van der Waals surface area (Å²) < 4.78 is 6.60. The first-order valence-corrected chi connectivity index (χ1v) is 3.91. The van der Waals surface area contributed by atoms with Gasteiger partial charge in [-0.05, 0) is 6.92 Å². The summed E-state index contributed by atoms with van der Waals surface area (Å²) in [6, 6.07) is 0. The van der Waals surface area contributed by atoms with E-state index in [2.05, 4.69) is 10.1 Å². The van der Waals surface area contributed by atoms with E-state index in [0.717, 1.165) is 0 Å². The molecule has 70 valence electrons. The van der Waals surface area contributed by atoms with Crippen LogP contribution in [-0.2, 0) is 0 Å². The Hall–Kier alpha value is -1.85. The van der Waals surface area contributed by atoms with Crippen LogP contribution in [-0.4, -0.2) is 26.3 Å². The Morgan fingerprint density at radius 2 is 2.54 bits per heavy atom. The van der Waals surface area contributed by atoms with Crippen LogP contribution in [0.3, 0.4) is 0 Å². The van der Waals surface area contributed by atoms with Gasteiger partial charge in [-0.2, -0.15) is 0 Å². The molecule has 0 aliphatic rings. The number of ether oxygens (including phenoxy) is 1. The number of H-pyrrole nitrogens is 1. The van der Waals surface area contributed by atoms with Gasteiger partial charge in [0.25, 0.3) is 5.88 Å². The van der Waals surface area contributed by atoms with Crippen LogP contribution in [0, 0.1) is 0 Å². The highest BCUT2D eigenvalue weighted by Crippen LogP contribution is 2.25. The maximum Gasteiger partial charge on any atom is 0.259 e. The van der Waals surface area contributed by atoms with Crippen molar-refractivity contribution >= 4 is 11.3 Å². The first-order valence-electron chi connectivity index (χ1n) is 3.91. The average Bonchev–Trinajstić information content (AvgIpc) is 2.54. The molecule has 6 heteroatoms. The van der Waals surface area contributed by atoms with Gasteiger partial charge in [0.15, 0.2) is 5.65 Å². The zero-order chi connectivity index (χ0) is 9.42. The lowest BCUT2D eigenvalue weighted by Crippen LogP contribution is -1.95. The molecule has 2 rings (SSSR count). The SMILES string of the molecule is CCOc1nn2cc(O)[nH]c2c1N. The molecule has 0 amide bonds. The van der Waals surface area contributed by atoms with Crippen molar-refractivity contribution in [3.8, 4) is 11.8 Å². The molecule has 0 aliphatic carbocycles. The van der Waals surface area contributed by atoms with Gasteiger partial charge in [0, 0.05) is 0 Å². The summed E-state index contributed by atoms with van der Waals surface area (Å²) in [7, 11) is 0. The lowest BCUT2D eigenvalue weighted by molar-refractivity contribution is 0.326. The molecule has 0 aromatic carbocycles. The quantitative estimate of drug-likeness (QED) is 0.625. The zero-order valence-electron chi connectivity index (χ0n) is 7.11. The molecule has 0 unspecified atom stereocenters. The van der Waals surface area contributed by atoms with Crippen LogP contribution < -0.4 is 10.5 Å². The summed E-state index contributed by atoms with van der Waals surface area (Å²) in [4.78, 5) is 2.66. The van der Waals surface area contributed by atoms with Crippen LogP contribution in [0.2, 0.25) is 0 Å². The number of fused-ring (bicyclic) bond motifs is 1. The highest BCUT2D eigenvalue weighted by atomic mass is 16.5. The second-order valence-corrected chi connectivity index (χ2v) is 2.58. The number of rotatable bonds is 2. The second kappa shape index (κ2) is 2.58. The summed E-state index contributed by atoms with van der Waals surface area (Å²) in [5, 5.41) is 13.1. The molecule has 0 spiro atoms. The van der Waals surface area contributed by atoms with E-state index in [-0.39, 0.29) is 5.88 Å². The normalized spacial score (nSPS) is 10.8. The van der Waals surface area contributed by atoms with Gasteiger partial charge in [-0.1, -0.05) is 0 Å².